The number of benzene rings is 1. The summed E-state index contributed by atoms with van der Waals surface area (Å²) < 4.78 is 18.8. The van der Waals surface area contributed by atoms with Gasteiger partial charge in [-0.05, 0) is 18.2 Å². The highest BCUT2D eigenvalue weighted by Crippen LogP contribution is 2.41. The molecule has 0 saturated carbocycles. The van der Waals surface area contributed by atoms with Gasteiger partial charge in [-0.2, -0.15) is 0 Å². The van der Waals surface area contributed by atoms with Gasteiger partial charge in [-0.1, -0.05) is 0 Å². The fraction of sp³-hybridized carbons (Fsp3) is 0.250. The number of hydrogen-bond donors (Lipinski definition) is 3. The Bertz CT molecular complexity index is 648. The number of fused-ring (bicyclic) bond motifs is 2. The molecule has 1 aromatic carbocycles. The van der Waals surface area contributed by atoms with E-state index < -0.39 is 35.3 Å². The predicted molar refractivity (Wildman–Crippen MR) is 63.0 cm³/mol. The summed E-state index contributed by atoms with van der Waals surface area (Å²) in [6, 6.07) is 2.80. The van der Waals surface area contributed by atoms with Crippen LogP contribution in [0.5, 0.6) is 5.75 Å². The number of nitrogens with two attached hydrogens (primary N) is 1. The van der Waals surface area contributed by atoms with Gasteiger partial charge in [0.1, 0.15) is 11.6 Å². The molecule has 2 atom stereocenters. The Kier molecular flexibility index (Phi) is 2.43. The summed E-state index contributed by atoms with van der Waals surface area (Å²) in [5, 5.41) is 4.51. The number of carbonyl (C=O) groups is 3. The molecule has 20 heavy (non-hydrogen) atoms. The molecule has 1 aromatic rings. The third-order valence-corrected chi connectivity index (χ3v) is 3.42. The summed E-state index contributed by atoms with van der Waals surface area (Å²) in [7, 11) is 0. The zero-order valence-electron chi connectivity index (χ0n) is 10.1. The van der Waals surface area contributed by atoms with E-state index in [0.717, 1.165) is 12.1 Å². The normalized spacial score (nSPS) is 27.6. The molecule has 2 aliphatic heterocycles. The molecule has 2 aliphatic rings. The van der Waals surface area contributed by atoms with Crippen LogP contribution in [0.15, 0.2) is 18.2 Å². The van der Waals surface area contributed by atoms with Crippen LogP contribution in [0.1, 0.15) is 12.0 Å². The van der Waals surface area contributed by atoms with Crippen molar-refractivity contribution < 1.29 is 23.5 Å². The zero-order chi connectivity index (χ0) is 14.5. The standard InChI is InChI=1S/C12H10FN3O4/c13-5-1-2-7-6(3-5)12(4-8(20-7)9(14)17)10(18)15-11(19)16-12/h1-3,8H,4H2,(H2,14,17)(H2,15,16,18,19)/t8-,12-/m1/s1. The fourth-order valence-corrected chi connectivity index (χ4v) is 2.51. The maximum Gasteiger partial charge on any atom is 0.322 e. The second-order valence-electron chi connectivity index (χ2n) is 4.67. The van der Waals surface area contributed by atoms with E-state index in [4.69, 9.17) is 10.5 Å². The van der Waals surface area contributed by atoms with Crippen molar-refractivity contribution in [2.24, 2.45) is 5.73 Å². The average molecular weight is 279 g/mol. The van der Waals surface area contributed by atoms with Crippen LogP contribution in [0.25, 0.3) is 0 Å². The van der Waals surface area contributed by atoms with Crippen LogP contribution >= 0.6 is 0 Å². The molecule has 1 saturated heterocycles. The molecule has 0 aromatic heterocycles. The van der Waals surface area contributed by atoms with Crippen LogP contribution in [0.2, 0.25) is 0 Å². The lowest BCUT2D eigenvalue weighted by Crippen LogP contribution is -2.53. The molecule has 8 heteroatoms. The van der Waals surface area contributed by atoms with Crippen LogP contribution in [0, 0.1) is 5.82 Å². The molecule has 4 amide bonds. The number of primary amides is 1. The van der Waals surface area contributed by atoms with E-state index >= 15 is 0 Å². The van der Waals surface area contributed by atoms with E-state index in [-0.39, 0.29) is 17.7 Å². The van der Waals surface area contributed by atoms with Gasteiger partial charge in [0.2, 0.25) is 0 Å². The molecular formula is C12H10FN3O4. The molecular weight excluding hydrogens is 269 g/mol. The summed E-state index contributed by atoms with van der Waals surface area (Å²) in [5.74, 6) is -1.88. The van der Waals surface area contributed by atoms with Crippen LogP contribution < -0.4 is 21.1 Å². The van der Waals surface area contributed by atoms with Gasteiger partial charge >= 0.3 is 6.03 Å². The van der Waals surface area contributed by atoms with Crippen LogP contribution in [0.3, 0.4) is 0 Å². The molecule has 7 nitrogen and oxygen atoms in total. The van der Waals surface area contributed by atoms with Gasteiger partial charge < -0.3 is 15.8 Å². The number of nitrogens with one attached hydrogen (secondary N) is 2. The number of rotatable bonds is 1. The molecule has 4 N–H and O–H groups in total. The summed E-state index contributed by atoms with van der Waals surface area (Å²) in [5.41, 5.74) is 3.83. The van der Waals surface area contributed by atoms with Crippen LogP contribution in [-0.2, 0) is 15.1 Å². The maximum atomic E-state index is 13.4. The topological polar surface area (TPSA) is 111 Å². The van der Waals surface area contributed by atoms with Gasteiger partial charge in [0.15, 0.2) is 11.6 Å². The Morgan fingerprint density at radius 2 is 2.20 bits per heavy atom. The van der Waals surface area contributed by atoms with Crippen molar-refractivity contribution in [3.05, 3.63) is 29.6 Å². The van der Waals surface area contributed by atoms with Crippen molar-refractivity contribution in [3.8, 4) is 5.75 Å². The summed E-state index contributed by atoms with van der Waals surface area (Å²) >= 11 is 0. The van der Waals surface area contributed by atoms with E-state index in [0.29, 0.717) is 0 Å². The van der Waals surface area contributed by atoms with Crippen LogP contribution in [0.4, 0.5) is 9.18 Å². The number of halogens is 1. The van der Waals surface area contributed by atoms with Crippen molar-refractivity contribution >= 4 is 17.8 Å². The van der Waals surface area contributed by atoms with Gasteiger partial charge in [0, 0.05) is 12.0 Å². The third-order valence-electron chi connectivity index (χ3n) is 3.42. The Morgan fingerprint density at radius 3 is 2.80 bits per heavy atom. The number of imide groups is 1. The quantitative estimate of drug-likeness (QED) is 0.601. The second kappa shape index (κ2) is 3.92. The lowest BCUT2D eigenvalue weighted by atomic mass is 9.81. The highest BCUT2D eigenvalue weighted by atomic mass is 19.1. The Balaban J connectivity index is 2.18. The smallest absolute Gasteiger partial charge is 0.322 e. The van der Waals surface area contributed by atoms with E-state index in [1.807, 2.05) is 0 Å². The molecule has 104 valence electrons. The maximum absolute atomic E-state index is 13.4. The molecule has 0 aliphatic carbocycles. The highest BCUT2D eigenvalue weighted by molar-refractivity contribution is 6.08. The molecule has 0 unspecified atom stereocenters. The van der Waals surface area contributed by atoms with Gasteiger partial charge in [0.05, 0.1) is 0 Å². The zero-order valence-corrected chi connectivity index (χ0v) is 10.1. The largest absolute Gasteiger partial charge is 0.480 e. The van der Waals surface area contributed by atoms with Crippen LogP contribution in [-0.4, -0.2) is 23.9 Å². The molecule has 0 radical (unpaired) electrons. The Labute approximate surface area is 112 Å². The van der Waals surface area contributed by atoms with E-state index in [1.165, 1.54) is 6.07 Å². The van der Waals surface area contributed by atoms with E-state index in [2.05, 4.69) is 10.6 Å². The Hall–Kier alpha value is -2.64. The molecule has 1 spiro atoms. The number of carbonyl (C=O) groups excluding carboxylic acids is 3. The SMILES string of the molecule is NC(=O)[C@H]1C[C@@]2(NC(=O)NC2=O)c2cc(F)ccc2O1. The first-order chi connectivity index (χ1) is 9.42. The summed E-state index contributed by atoms with van der Waals surface area (Å²) in [6.45, 7) is 0. The van der Waals surface area contributed by atoms with Gasteiger partial charge in [-0.3, -0.25) is 14.9 Å². The van der Waals surface area contributed by atoms with Crippen molar-refractivity contribution in [2.45, 2.75) is 18.1 Å². The predicted octanol–water partition coefficient (Wildman–Crippen LogP) is -0.503. The lowest BCUT2D eigenvalue weighted by molar-refractivity contribution is -0.130. The first-order valence-electron chi connectivity index (χ1n) is 5.82. The minimum atomic E-state index is -1.54. The minimum absolute atomic E-state index is 0.138. The summed E-state index contributed by atoms with van der Waals surface area (Å²) in [6.07, 6.45) is -1.27. The number of amides is 4. The van der Waals surface area contributed by atoms with Crippen molar-refractivity contribution in [3.63, 3.8) is 0 Å². The molecule has 3 rings (SSSR count). The lowest BCUT2D eigenvalue weighted by Gasteiger charge is -2.36. The molecule has 0 bridgehead atoms. The van der Waals surface area contributed by atoms with Gasteiger partial charge in [-0.25, -0.2) is 9.18 Å². The molecule has 2 heterocycles. The fourth-order valence-electron chi connectivity index (χ4n) is 2.51. The Morgan fingerprint density at radius 1 is 1.45 bits per heavy atom. The first kappa shape index (κ1) is 12.4. The first-order valence-corrected chi connectivity index (χ1v) is 5.82. The number of urea groups is 1. The van der Waals surface area contributed by atoms with Crippen molar-refractivity contribution in [1.29, 1.82) is 0 Å². The number of ether oxygens (including phenoxy) is 1. The van der Waals surface area contributed by atoms with E-state index in [1.54, 1.807) is 0 Å². The second-order valence-corrected chi connectivity index (χ2v) is 4.67. The van der Waals surface area contributed by atoms with Gasteiger partial charge in [-0.15, -0.1) is 0 Å². The van der Waals surface area contributed by atoms with Crippen molar-refractivity contribution in [2.75, 3.05) is 0 Å². The number of hydrogen-bond acceptors (Lipinski definition) is 4. The average Bonchev–Trinajstić information content (AvgIpc) is 2.65. The van der Waals surface area contributed by atoms with E-state index in [9.17, 15) is 18.8 Å². The van der Waals surface area contributed by atoms with Gasteiger partial charge in [0.25, 0.3) is 11.8 Å². The third kappa shape index (κ3) is 1.61. The highest BCUT2D eigenvalue weighted by Gasteiger charge is 2.54. The minimum Gasteiger partial charge on any atom is -0.480 e. The monoisotopic (exact) mass is 279 g/mol. The van der Waals surface area contributed by atoms with Crippen molar-refractivity contribution in [1.82, 2.24) is 10.6 Å². The summed E-state index contributed by atoms with van der Waals surface area (Å²) in [4.78, 5) is 34.8. The molecule has 1 fully saturated rings.